The van der Waals surface area contributed by atoms with Crippen molar-refractivity contribution in [3.8, 4) is 0 Å². The van der Waals surface area contributed by atoms with Crippen molar-refractivity contribution in [3.05, 3.63) is 11.8 Å². The third-order valence-corrected chi connectivity index (χ3v) is 2.19. The summed E-state index contributed by atoms with van der Waals surface area (Å²) >= 11 is 0. The zero-order chi connectivity index (χ0) is 8.48. The van der Waals surface area contributed by atoms with Crippen LogP contribution in [0.1, 0.15) is 19.8 Å². The number of aliphatic hydroxyl groups is 2. The van der Waals surface area contributed by atoms with Gasteiger partial charge in [0.25, 0.3) is 0 Å². The van der Waals surface area contributed by atoms with E-state index in [-0.39, 0.29) is 18.1 Å². The SMILES string of the molecule is C[C@]1(CO)CCC(=O)C=C1O. The molecule has 0 amide bonds. The zero-order valence-corrected chi connectivity index (χ0v) is 6.50. The van der Waals surface area contributed by atoms with Gasteiger partial charge in [0.1, 0.15) is 5.76 Å². The van der Waals surface area contributed by atoms with Crippen molar-refractivity contribution in [1.82, 2.24) is 0 Å². The van der Waals surface area contributed by atoms with E-state index >= 15 is 0 Å². The minimum atomic E-state index is -0.589. The van der Waals surface area contributed by atoms with E-state index in [1.54, 1.807) is 6.92 Å². The predicted molar refractivity (Wildman–Crippen MR) is 40.1 cm³/mol. The number of aliphatic hydroxyl groups excluding tert-OH is 2. The van der Waals surface area contributed by atoms with E-state index in [1.807, 2.05) is 0 Å². The summed E-state index contributed by atoms with van der Waals surface area (Å²) in [5.74, 6) is -0.0512. The van der Waals surface area contributed by atoms with Crippen LogP contribution in [-0.4, -0.2) is 22.6 Å². The lowest BCUT2D eigenvalue weighted by Gasteiger charge is -2.28. The number of hydrogen-bond acceptors (Lipinski definition) is 3. The van der Waals surface area contributed by atoms with E-state index in [1.165, 1.54) is 6.08 Å². The summed E-state index contributed by atoms with van der Waals surface area (Å²) in [4.78, 5) is 10.8. The Hall–Kier alpha value is -0.830. The largest absolute Gasteiger partial charge is 0.512 e. The van der Waals surface area contributed by atoms with Gasteiger partial charge in [-0.15, -0.1) is 0 Å². The number of hydrogen-bond donors (Lipinski definition) is 2. The maximum absolute atomic E-state index is 10.8. The van der Waals surface area contributed by atoms with Gasteiger partial charge in [-0.2, -0.15) is 0 Å². The lowest BCUT2D eigenvalue weighted by atomic mass is 9.79. The molecule has 1 rings (SSSR count). The van der Waals surface area contributed by atoms with E-state index in [4.69, 9.17) is 5.11 Å². The standard InChI is InChI=1S/C8H12O3/c1-8(5-9)3-2-6(10)4-7(8)11/h4,9,11H,2-3,5H2,1H3/t8-/m1/s1. The molecule has 0 radical (unpaired) electrons. The van der Waals surface area contributed by atoms with Crippen LogP contribution in [-0.2, 0) is 4.79 Å². The molecule has 0 bridgehead atoms. The topological polar surface area (TPSA) is 57.5 Å². The second-order valence-corrected chi connectivity index (χ2v) is 3.21. The highest BCUT2D eigenvalue weighted by molar-refractivity contribution is 5.91. The van der Waals surface area contributed by atoms with Crippen LogP contribution >= 0.6 is 0 Å². The summed E-state index contributed by atoms with van der Waals surface area (Å²) in [5, 5.41) is 18.2. The Bertz CT molecular complexity index is 207. The number of ketones is 1. The molecule has 0 aromatic carbocycles. The van der Waals surface area contributed by atoms with E-state index in [0.717, 1.165) is 0 Å². The molecule has 3 heteroatoms. The molecule has 1 aliphatic rings. The molecule has 2 N–H and O–H groups in total. The zero-order valence-electron chi connectivity index (χ0n) is 6.50. The van der Waals surface area contributed by atoms with Gasteiger partial charge >= 0.3 is 0 Å². The smallest absolute Gasteiger partial charge is 0.159 e. The normalized spacial score (nSPS) is 31.8. The first-order valence-electron chi connectivity index (χ1n) is 3.63. The summed E-state index contributed by atoms with van der Waals surface area (Å²) in [7, 11) is 0. The third-order valence-electron chi connectivity index (χ3n) is 2.19. The van der Waals surface area contributed by atoms with Crippen molar-refractivity contribution in [2.24, 2.45) is 5.41 Å². The van der Waals surface area contributed by atoms with E-state index in [9.17, 15) is 9.90 Å². The molecule has 0 saturated carbocycles. The summed E-state index contributed by atoms with van der Waals surface area (Å²) in [6.07, 6.45) is 2.16. The van der Waals surface area contributed by atoms with E-state index in [2.05, 4.69) is 0 Å². The molecule has 0 aromatic rings. The molecule has 1 aliphatic carbocycles. The van der Waals surface area contributed by atoms with Crippen molar-refractivity contribution < 1.29 is 15.0 Å². The third kappa shape index (κ3) is 1.43. The summed E-state index contributed by atoms with van der Waals surface area (Å²) in [6.45, 7) is 1.63. The molecule has 0 aliphatic heterocycles. The van der Waals surface area contributed by atoms with Gasteiger partial charge in [-0.3, -0.25) is 4.79 Å². The molecule has 0 saturated heterocycles. The van der Waals surface area contributed by atoms with E-state index < -0.39 is 5.41 Å². The minimum Gasteiger partial charge on any atom is -0.512 e. The number of rotatable bonds is 1. The Labute approximate surface area is 65.3 Å². The van der Waals surface area contributed by atoms with Gasteiger partial charge in [0.05, 0.1) is 6.61 Å². The van der Waals surface area contributed by atoms with Crippen molar-refractivity contribution in [3.63, 3.8) is 0 Å². The van der Waals surface area contributed by atoms with Gasteiger partial charge in [-0.1, -0.05) is 6.92 Å². The van der Waals surface area contributed by atoms with Gasteiger partial charge in [-0.25, -0.2) is 0 Å². The predicted octanol–water partition coefficient (Wildman–Crippen LogP) is 0.790. The quantitative estimate of drug-likeness (QED) is 0.590. The average Bonchev–Trinajstić information content (AvgIpc) is 1.98. The fourth-order valence-corrected chi connectivity index (χ4v) is 1.09. The fraction of sp³-hybridized carbons (Fsp3) is 0.625. The van der Waals surface area contributed by atoms with Crippen LogP contribution in [0.2, 0.25) is 0 Å². The monoisotopic (exact) mass is 156 g/mol. The highest BCUT2D eigenvalue weighted by Crippen LogP contribution is 2.33. The Morgan fingerprint density at radius 3 is 2.82 bits per heavy atom. The van der Waals surface area contributed by atoms with Crippen molar-refractivity contribution in [2.45, 2.75) is 19.8 Å². The van der Waals surface area contributed by atoms with Gasteiger partial charge in [-0.05, 0) is 6.42 Å². The molecular weight excluding hydrogens is 144 g/mol. The van der Waals surface area contributed by atoms with Gasteiger partial charge < -0.3 is 10.2 Å². The number of carbonyl (C=O) groups excluding carboxylic acids is 1. The van der Waals surface area contributed by atoms with Crippen molar-refractivity contribution in [1.29, 1.82) is 0 Å². The molecule has 0 spiro atoms. The Morgan fingerprint density at radius 2 is 2.36 bits per heavy atom. The summed E-state index contributed by atoms with van der Waals surface area (Å²) in [5.41, 5.74) is -0.589. The van der Waals surface area contributed by atoms with Crippen LogP contribution in [0.5, 0.6) is 0 Å². The molecule has 0 unspecified atom stereocenters. The summed E-state index contributed by atoms with van der Waals surface area (Å²) < 4.78 is 0. The summed E-state index contributed by atoms with van der Waals surface area (Å²) in [6, 6.07) is 0. The lowest BCUT2D eigenvalue weighted by Crippen LogP contribution is -2.28. The maximum atomic E-state index is 10.8. The Balaban J connectivity index is 2.87. The number of allylic oxidation sites excluding steroid dienone is 1. The van der Waals surface area contributed by atoms with Gasteiger partial charge in [0.2, 0.25) is 0 Å². The molecule has 0 aromatic heterocycles. The van der Waals surface area contributed by atoms with Crippen molar-refractivity contribution in [2.75, 3.05) is 6.61 Å². The first-order chi connectivity index (χ1) is 5.08. The van der Waals surface area contributed by atoms with Gasteiger partial charge in [0.15, 0.2) is 5.78 Å². The molecule has 1 atom stereocenters. The molecule has 3 nitrogen and oxygen atoms in total. The van der Waals surface area contributed by atoms with Crippen LogP contribution in [0.15, 0.2) is 11.8 Å². The second kappa shape index (κ2) is 2.66. The number of carbonyl (C=O) groups is 1. The molecule has 11 heavy (non-hydrogen) atoms. The maximum Gasteiger partial charge on any atom is 0.159 e. The highest BCUT2D eigenvalue weighted by Gasteiger charge is 2.32. The highest BCUT2D eigenvalue weighted by atomic mass is 16.3. The minimum absolute atomic E-state index is 0.0104. The van der Waals surface area contributed by atoms with Gasteiger partial charge in [0, 0.05) is 17.9 Å². The van der Waals surface area contributed by atoms with Crippen LogP contribution in [0, 0.1) is 5.41 Å². The molecule has 62 valence electrons. The van der Waals surface area contributed by atoms with Crippen LogP contribution in [0.4, 0.5) is 0 Å². The van der Waals surface area contributed by atoms with Crippen LogP contribution in [0.25, 0.3) is 0 Å². The lowest BCUT2D eigenvalue weighted by molar-refractivity contribution is -0.116. The van der Waals surface area contributed by atoms with Crippen LogP contribution < -0.4 is 0 Å². The molecular formula is C8H12O3. The van der Waals surface area contributed by atoms with Crippen LogP contribution in [0.3, 0.4) is 0 Å². The Kier molecular flexibility index (Phi) is 2.00. The molecule has 0 heterocycles. The average molecular weight is 156 g/mol. The second-order valence-electron chi connectivity index (χ2n) is 3.21. The first-order valence-corrected chi connectivity index (χ1v) is 3.63. The Morgan fingerprint density at radius 1 is 1.73 bits per heavy atom. The first kappa shape index (κ1) is 8.27. The van der Waals surface area contributed by atoms with Crippen molar-refractivity contribution >= 4 is 5.78 Å². The fourth-order valence-electron chi connectivity index (χ4n) is 1.09. The molecule has 0 fully saturated rings. The van der Waals surface area contributed by atoms with E-state index in [0.29, 0.717) is 12.8 Å².